The van der Waals surface area contributed by atoms with E-state index >= 15 is 0 Å². The summed E-state index contributed by atoms with van der Waals surface area (Å²) in [5.74, 6) is 1.41. The maximum absolute atomic E-state index is 12.5. The third kappa shape index (κ3) is 5.21. The Hall–Kier alpha value is -4.12. The minimum Gasteiger partial charge on any atom is -0.493 e. The van der Waals surface area contributed by atoms with Crippen molar-refractivity contribution in [3.8, 4) is 23.0 Å². The number of hydrogen-bond donors (Lipinski definition) is 2. The van der Waals surface area contributed by atoms with E-state index < -0.39 is 0 Å². The summed E-state index contributed by atoms with van der Waals surface area (Å²) in [5.41, 5.74) is 1.29. The summed E-state index contributed by atoms with van der Waals surface area (Å²) >= 11 is 1.30. The Balaban J connectivity index is 1.35. The quantitative estimate of drug-likeness (QED) is 0.385. The van der Waals surface area contributed by atoms with E-state index in [1.165, 1.54) is 28.3 Å². The summed E-state index contributed by atoms with van der Waals surface area (Å²) in [5, 5.41) is 12.4. The fraction of sp³-hybridized carbons (Fsp3) is 0.182. The highest BCUT2D eigenvalue weighted by atomic mass is 32.1. The molecule has 0 aliphatic carbocycles. The lowest BCUT2D eigenvalue weighted by molar-refractivity contribution is 0.0947. The lowest BCUT2D eigenvalue weighted by atomic mass is 10.3. The molecular weight excluding hydrogens is 446 g/mol. The normalized spacial score (nSPS) is 10.6. The smallest absolute Gasteiger partial charge is 0.270 e. The van der Waals surface area contributed by atoms with Crippen molar-refractivity contribution in [1.29, 1.82) is 0 Å². The number of ether oxygens (including phenoxy) is 2. The zero-order chi connectivity index (χ0) is 23.2. The SMILES string of the molecule is COc1ccc(Nc2nc(C(=O)NCCn3nc(-c4ccco4)ccc3=O)cs2)cc1OC. The molecule has 0 saturated heterocycles. The molecule has 0 spiro atoms. The summed E-state index contributed by atoms with van der Waals surface area (Å²) in [7, 11) is 3.13. The Morgan fingerprint density at radius 3 is 2.76 bits per heavy atom. The molecule has 10 nitrogen and oxygen atoms in total. The van der Waals surface area contributed by atoms with E-state index in [9.17, 15) is 9.59 Å². The third-order valence-electron chi connectivity index (χ3n) is 4.62. The second-order valence-electron chi connectivity index (χ2n) is 6.75. The van der Waals surface area contributed by atoms with E-state index in [1.54, 1.807) is 49.9 Å². The Morgan fingerprint density at radius 2 is 2.00 bits per heavy atom. The first-order valence-corrected chi connectivity index (χ1v) is 10.8. The van der Waals surface area contributed by atoms with Crippen molar-refractivity contribution < 1.29 is 18.7 Å². The number of carbonyl (C=O) groups excluding carboxylic acids is 1. The van der Waals surface area contributed by atoms with Gasteiger partial charge in [-0.2, -0.15) is 5.10 Å². The molecule has 33 heavy (non-hydrogen) atoms. The summed E-state index contributed by atoms with van der Waals surface area (Å²) < 4.78 is 17.1. The predicted octanol–water partition coefficient (Wildman–Crippen LogP) is 3.15. The van der Waals surface area contributed by atoms with Crippen molar-refractivity contribution in [3.63, 3.8) is 0 Å². The highest BCUT2D eigenvalue weighted by molar-refractivity contribution is 7.14. The molecular formula is C22H21N5O5S. The van der Waals surface area contributed by atoms with Crippen molar-refractivity contribution in [3.05, 3.63) is 70.2 Å². The monoisotopic (exact) mass is 467 g/mol. The molecule has 4 rings (SSSR count). The Labute approximate surface area is 192 Å². The first kappa shape index (κ1) is 22.1. The van der Waals surface area contributed by atoms with Crippen molar-refractivity contribution >= 4 is 28.1 Å². The number of benzene rings is 1. The molecule has 0 aliphatic rings. The maximum Gasteiger partial charge on any atom is 0.270 e. The average molecular weight is 468 g/mol. The molecule has 0 saturated carbocycles. The van der Waals surface area contributed by atoms with E-state index in [4.69, 9.17) is 13.9 Å². The van der Waals surface area contributed by atoms with Crippen LogP contribution in [0.4, 0.5) is 10.8 Å². The molecule has 0 radical (unpaired) electrons. The van der Waals surface area contributed by atoms with Crippen LogP contribution in [0.3, 0.4) is 0 Å². The Bertz CT molecular complexity index is 1300. The zero-order valence-corrected chi connectivity index (χ0v) is 18.7. The van der Waals surface area contributed by atoms with Gasteiger partial charge in [-0.3, -0.25) is 9.59 Å². The number of hydrogen-bond acceptors (Lipinski definition) is 9. The molecule has 0 atom stereocenters. The fourth-order valence-electron chi connectivity index (χ4n) is 3.00. The number of nitrogens with one attached hydrogen (secondary N) is 2. The van der Waals surface area contributed by atoms with Crippen molar-refractivity contribution in [2.75, 3.05) is 26.1 Å². The number of methoxy groups -OCH3 is 2. The molecule has 11 heteroatoms. The minimum absolute atomic E-state index is 0.208. The van der Waals surface area contributed by atoms with Crippen LogP contribution >= 0.6 is 11.3 Å². The summed E-state index contributed by atoms with van der Waals surface area (Å²) in [6, 6.07) is 11.9. The van der Waals surface area contributed by atoms with Gasteiger partial charge in [-0.15, -0.1) is 11.3 Å². The Morgan fingerprint density at radius 1 is 1.15 bits per heavy atom. The number of anilines is 2. The highest BCUT2D eigenvalue weighted by Crippen LogP contribution is 2.31. The number of nitrogens with zero attached hydrogens (tertiary/aromatic N) is 3. The standard InChI is InChI=1S/C22H21N5O5S/c1-30-18-7-5-14(12-19(18)31-2)24-22-25-16(13-33-22)21(29)23-9-10-27-20(28)8-6-15(26-27)17-4-3-11-32-17/h3-8,11-13H,9-10H2,1-2H3,(H,23,29)(H,24,25). The van der Waals surface area contributed by atoms with Crippen LogP contribution < -0.4 is 25.7 Å². The molecule has 0 aliphatic heterocycles. The zero-order valence-electron chi connectivity index (χ0n) is 17.9. The highest BCUT2D eigenvalue weighted by Gasteiger charge is 2.12. The molecule has 4 aromatic rings. The van der Waals surface area contributed by atoms with Gasteiger partial charge in [0.25, 0.3) is 11.5 Å². The van der Waals surface area contributed by atoms with Crippen LogP contribution in [0.2, 0.25) is 0 Å². The average Bonchev–Trinajstić information content (AvgIpc) is 3.53. The first-order chi connectivity index (χ1) is 16.1. The molecule has 1 amide bonds. The maximum atomic E-state index is 12.5. The van der Waals surface area contributed by atoms with Gasteiger partial charge in [0, 0.05) is 29.7 Å². The molecule has 3 aromatic heterocycles. The van der Waals surface area contributed by atoms with Gasteiger partial charge in [0.05, 0.1) is 27.0 Å². The summed E-state index contributed by atoms with van der Waals surface area (Å²) in [4.78, 5) is 28.9. The van der Waals surface area contributed by atoms with Crippen LogP contribution in [-0.2, 0) is 6.54 Å². The van der Waals surface area contributed by atoms with E-state index in [2.05, 4.69) is 20.7 Å². The van der Waals surface area contributed by atoms with Gasteiger partial charge >= 0.3 is 0 Å². The number of carbonyl (C=O) groups is 1. The molecule has 3 heterocycles. The van der Waals surface area contributed by atoms with Gasteiger partial charge in [0.1, 0.15) is 11.4 Å². The van der Waals surface area contributed by atoms with Crippen LogP contribution in [0, 0.1) is 0 Å². The number of aromatic nitrogens is 3. The largest absolute Gasteiger partial charge is 0.493 e. The van der Waals surface area contributed by atoms with E-state index in [1.807, 2.05) is 6.07 Å². The van der Waals surface area contributed by atoms with Crippen LogP contribution in [0.1, 0.15) is 10.5 Å². The molecule has 0 bridgehead atoms. The topological polar surface area (TPSA) is 121 Å². The van der Waals surface area contributed by atoms with Crippen LogP contribution in [0.25, 0.3) is 11.5 Å². The van der Waals surface area contributed by atoms with E-state index in [0.717, 1.165) is 5.69 Å². The number of rotatable bonds is 9. The van der Waals surface area contributed by atoms with Gasteiger partial charge < -0.3 is 24.5 Å². The molecule has 2 N–H and O–H groups in total. The lowest BCUT2D eigenvalue weighted by Gasteiger charge is -2.09. The predicted molar refractivity (Wildman–Crippen MR) is 123 cm³/mol. The number of thiazole rings is 1. The molecule has 0 fully saturated rings. The minimum atomic E-state index is -0.346. The van der Waals surface area contributed by atoms with Gasteiger partial charge in [-0.05, 0) is 30.3 Å². The van der Waals surface area contributed by atoms with E-state index in [0.29, 0.717) is 28.1 Å². The molecule has 170 valence electrons. The van der Waals surface area contributed by atoms with Crippen molar-refractivity contribution in [2.45, 2.75) is 6.54 Å². The van der Waals surface area contributed by atoms with Gasteiger partial charge in [0.2, 0.25) is 0 Å². The van der Waals surface area contributed by atoms with Crippen LogP contribution in [0.5, 0.6) is 11.5 Å². The summed E-state index contributed by atoms with van der Waals surface area (Å²) in [6.45, 7) is 0.420. The first-order valence-electron chi connectivity index (χ1n) is 9.92. The second-order valence-corrected chi connectivity index (χ2v) is 7.60. The van der Waals surface area contributed by atoms with Gasteiger partial charge in [0.15, 0.2) is 22.4 Å². The third-order valence-corrected chi connectivity index (χ3v) is 5.38. The van der Waals surface area contributed by atoms with Crippen LogP contribution in [0.15, 0.2) is 63.3 Å². The second kappa shape index (κ2) is 10.0. The number of furan rings is 1. The lowest BCUT2D eigenvalue weighted by Crippen LogP contribution is -2.32. The van der Waals surface area contributed by atoms with Crippen molar-refractivity contribution in [2.24, 2.45) is 0 Å². The van der Waals surface area contributed by atoms with Crippen molar-refractivity contribution in [1.82, 2.24) is 20.1 Å². The van der Waals surface area contributed by atoms with Gasteiger partial charge in [-0.1, -0.05) is 0 Å². The number of amides is 1. The fourth-order valence-corrected chi connectivity index (χ4v) is 3.71. The van der Waals surface area contributed by atoms with Crippen LogP contribution in [-0.4, -0.2) is 41.4 Å². The molecule has 0 unspecified atom stereocenters. The van der Waals surface area contributed by atoms with E-state index in [-0.39, 0.29) is 30.2 Å². The molecule has 1 aromatic carbocycles. The Kier molecular flexibility index (Phi) is 6.69. The van der Waals surface area contributed by atoms with Gasteiger partial charge in [-0.25, -0.2) is 9.67 Å². The summed E-state index contributed by atoms with van der Waals surface area (Å²) in [6.07, 6.45) is 1.54.